The van der Waals surface area contributed by atoms with Crippen LogP contribution in [0.4, 0.5) is 0 Å². The Morgan fingerprint density at radius 2 is 2.15 bits per heavy atom. The van der Waals surface area contributed by atoms with Crippen LogP contribution in [0.2, 0.25) is 0 Å². The molecule has 0 aliphatic carbocycles. The third-order valence-corrected chi connectivity index (χ3v) is 4.79. The van der Waals surface area contributed by atoms with Gasteiger partial charge >= 0.3 is 0 Å². The molecular formula is C17H22N2S. The van der Waals surface area contributed by atoms with Gasteiger partial charge in [-0.1, -0.05) is 37.6 Å². The van der Waals surface area contributed by atoms with Gasteiger partial charge < -0.3 is 5.32 Å². The van der Waals surface area contributed by atoms with Crippen LogP contribution in [0.1, 0.15) is 36.8 Å². The van der Waals surface area contributed by atoms with Gasteiger partial charge in [-0.3, -0.25) is 0 Å². The van der Waals surface area contributed by atoms with Crippen LogP contribution in [0, 0.1) is 0 Å². The first-order valence-corrected chi connectivity index (χ1v) is 8.50. The van der Waals surface area contributed by atoms with Gasteiger partial charge in [0.1, 0.15) is 0 Å². The number of thiazole rings is 1. The Bertz CT molecular complexity index is 538. The molecule has 0 amide bonds. The number of nitrogens with zero attached hydrogens (tertiary/aromatic N) is 1. The van der Waals surface area contributed by atoms with Gasteiger partial charge in [0.15, 0.2) is 0 Å². The summed E-state index contributed by atoms with van der Waals surface area (Å²) in [6.45, 7) is 3.39. The largest absolute Gasteiger partial charge is 0.314 e. The highest BCUT2D eigenvalue weighted by Gasteiger charge is 2.16. The third-order valence-electron chi connectivity index (χ3n) is 3.92. The number of hydrogen-bond acceptors (Lipinski definition) is 3. The van der Waals surface area contributed by atoms with E-state index >= 15 is 0 Å². The molecule has 1 atom stereocenters. The molecule has 1 aliphatic rings. The summed E-state index contributed by atoms with van der Waals surface area (Å²) < 4.78 is 0. The molecule has 3 rings (SSSR count). The van der Waals surface area contributed by atoms with Crippen LogP contribution in [0.3, 0.4) is 0 Å². The van der Waals surface area contributed by atoms with Gasteiger partial charge in [-0.05, 0) is 31.4 Å². The number of hydrogen-bond donors (Lipinski definition) is 1. The molecule has 1 aromatic carbocycles. The fourth-order valence-corrected chi connectivity index (χ4v) is 3.69. The summed E-state index contributed by atoms with van der Waals surface area (Å²) in [4.78, 5) is 4.80. The molecule has 2 heterocycles. The first kappa shape index (κ1) is 13.8. The van der Waals surface area contributed by atoms with Crippen LogP contribution in [0.5, 0.6) is 0 Å². The molecule has 2 aromatic rings. The molecule has 0 bridgehead atoms. The number of rotatable bonds is 5. The average molecular weight is 286 g/mol. The summed E-state index contributed by atoms with van der Waals surface area (Å²) in [7, 11) is 0. The van der Waals surface area contributed by atoms with Gasteiger partial charge in [0, 0.05) is 23.4 Å². The minimum atomic E-state index is 0.640. The molecule has 1 unspecified atom stereocenters. The SMILES string of the molecule is CCCc1ccc(-c2csc(CC3CCCN3)n2)cc1. The molecule has 0 radical (unpaired) electrons. The molecule has 0 spiro atoms. The van der Waals surface area contributed by atoms with Gasteiger partial charge in [0.2, 0.25) is 0 Å². The smallest absolute Gasteiger partial charge is 0.0948 e. The van der Waals surface area contributed by atoms with Gasteiger partial charge in [0.25, 0.3) is 0 Å². The Morgan fingerprint density at radius 1 is 1.30 bits per heavy atom. The van der Waals surface area contributed by atoms with E-state index in [1.807, 2.05) is 0 Å². The maximum atomic E-state index is 4.80. The van der Waals surface area contributed by atoms with E-state index in [0.717, 1.165) is 18.5 Å². The first-order chi connectivity index (χ1) is 9.85. The van der Waals surface area contributed by atoms with Crippen molar-refractivity contribution in [1.29, 1.82) is 0 Å². The number of aromatic nitrogens is 1. The maximum Gasteiger partial charge on any atom is 0.0948 e. The summed E-state index contributed by atoms with van der Waals surface area (Å²) in [6.07, 6.45) is 6.05. The van der Waals surface area contributed by atoms with E-state index in [2.05, 4.69) is 41.9 Å². The van der Waals surface area contributed by atoms with Gasteiger partial charge in [0.05, 0.1) is 10.7 Å². The lowest BCUT2D eigenvalue weighted by Gasteiger charge is -2.06. The minimum absolute atomic E-state index is 0.640. The third kappa shape index (κ3) is 3.28. The van der Waals surface area contributed by atoms with E-state index in [1.165, 1.54) is 41.9 Å². The molecule has 106 valence electrons. The van der Waals surface area contributed by atoms with E-state index in [4.69, 9.17) is 4.98 Å². The number of benzene rings is 1. The second kappa shape index (κ2) is 6.51. The summed E-state index contributed by atoms with van der Waals surface area (Å²) in [5, 5.41) is 7.00. The van der Waals surface area contributed by atoms with E-state index < -0.39 is 0 Å². The Balaban J connectivity index is 1.68. The van der Waals surface area contributed by atoms with Gasteiger partial charge in [-0.25, -0.2) is 4.98 Å². The monoisotopic (exact) mass is 286 g/mol. The number of nitrogens with one attached hydrogen (secondary N) is 1. The Hall–Kier alpha value is -1.19. The molecule has 1 aliphatic heterocycles. The quantitative estimate of drug-likeness (QED) is 0.896. The van der Waals surface area contributed by atoms with E-state index in [9.17, 15) is 0 Å². The molecule has 20 heavy (non-hydrogen) atoms. The molecule has 0 saturated carbocycles. The highest BCUT2D eigenvalue weighted by Crippen LogP contribution is 2.24. The van der Waals surface area contributed by atoms with E-state index in [-0.39, 0.29) is 0 Å². The topological polar surface area (TPSA) is 24.9 Å². The van der Waals surface area contributed by atoms with Crippen molar-refractivity contribution in [2.75, 3.05) is 6.54 Å². The molecule has 3 heteroatoms. The molecule has 1 saturated heterocycles. The predicted molar refractivity (Wildman–Crippen MR) is 86.3 cm³/mol. The van der Waals surface area contributed by atoms with E-state index in [1.54, 1.807) is 11.3 Å². The zero-order valence-electron chi connectivity index (χ0n) is 12.1. The lowest BCUT2D eigenvalue weighted by Crippen LogP contribution is -2.23. The minimum Gasteiger partial charge on any atom is -0.314 e. The fraction of sp³-hybridized carbons (Fsp3) is 0.471. The molecule has 2 nitrogen and oxygen atoms in total. The molecule has 1 N–H and O–H groups in total. The normalized spacial score (nSPS) is 18.6. The first-order valence-electron chi connectivity index (χ1n) is 7.62. The standard InChI is InChI=1S/C17H22N2S/c1-2-4-13-6-8-14(9-7-13)16-12-20-17(19-16)11-15-5-3-10-18-15/h6-9,12,15,18H,2-5,10-11H2,1H3. The average Bonchev–Trinajstić information content (AvgIpc) is 3.12. The maximum absolute atomic E-state index is 4.80. The van der Waals surface area contributed by atoms with Crippen molar-refractivity contribution in [3.05, 3.63) is 40.2 Å². The van der Waals surface area contributed by atoms with Crippen molar-refractivity contribution in [1.82, 2.24) is 10.3 Å². The van der Waals surface area contributed by atoms with Crippen molar-refractivity contribution in [2.24, 2.45) is 0 Å². The number of aryl methyl sites for hydroxylation is 1. The van der Waals surface area contributed by atoms with Crippen LogP contribution >= 0.6 is 11.3 Å². The van der Waals surface area contributed by atoms with Crippen molar-refractivity contribution >= 4 is 11.3 Å². The van der Waals surface area contributed by atoms with Crippen LogP contribution in [0.15, 0.2) is 29.6 Å². The summed E-state index contributed by atoms with van der Waals surface area (Å²) in [5.41, 5.74) is 3.79. The fourth-order valence-electron chi connectivity index (χ4n) is 2.81. The Kier molecular flexibility index (Phi) is 4.48. The van der Waals surface area contributed by atoms with Crippen LogP contribution in [0.25, 0.3) is 11.3 Å². The van der Waals surface area contributed by atoms with Crippen LogP contribution in [-0.4, -0.2) is 17.6 Å². The zero-order chi connectivity index (χ0) is 13.8. The van der Waals surface area contributed by atoms with Gasteiger partial charge in [-0.15, -0.1) is 11.3 Å². The van der Waals surface area contributed by atoms with Crippen molar-refractivity contribution in [3.63, 3.8) is 0 Å². The van der Waals surface area contributed by atoms with E-state index in [0.29, 0.717) is 6.04 Å². The molecule has 1 fully saturated rings. The Labute approximate surface area is 125 Å². The van der Waals surface area contributed by atoms with Gasteiger partial charge in [-0.2, -0.15) is 0 Å². The second-order valence-electron chi connectivity index (χ2n) is 5.57. The lowest BCUT2D eigenvalue weighted by atomic mass is 10.1. The zero-order valence-corrected chi connectivity index (χ0v) is 12.9. The van der Waals surface area contributed by atoms with Crippen molar-refractivity contribution < 1.29 is 0 Å². The molecule has 1 aromatic heterocycles. The molecular weight excluding hydrogens is 264 g/mol. The summed E-state index contributed by atoms with van der Waals surface area (Å²) >= 11 is 1.79. The lowest BCUT2D eigenvalue weighted by molar-refractivity contribution is 0.601. The van der Waals surface area contributed by atoms with Crippen LogP contribution < -0.4 is 5.32 Å². The Morgan fingerprint density at radius 3 is 2.85 bits per heavy atom. The second-order valence-corrected chi connectivity index (χ2v) is 6.51. The van der Waals surface area contributed by atoms with Crippen LogP contribution in [-0.2, 0) is 12.8 Å². The highest BCUT2D eigenvalue weighted by molar-refractivity contribution is 7.09. The predicted octanol–water partition coefficient (Wildman–Crippen LogP) is 4.06. The summed E-state index contributed by atoms with van der Waals surface area (Å²) in [5.74, 6) is 0. The highest BCUT2D eigenvalue weighted by atomic mass is 32.1. The van der Waals surface area contributed by atoms with Crippen molar-refractivity contribution in [2.45, 2.75) is 45.1 Å². The van der Waals surface area contributed by atoms with Crippen molar-refractivity contribution in [3.8, 4) is 11.3 Å². The summed E-state index contributed by atoms with van der Waals surface area (Å²) in [6, 6.07) is 9.52.